The second-order valence-electron chi connectivity index (χ2n) is 4.81. The first-order valence-electron chi connectivity index (χ1n) is 6.45. The highest BCUT2D eigenvalue weighted by Crippen LogP contribution is 2.29. The zero-order valence-electron chi connectivity index (χ0n) is 11.0. The average Bonchev–Trinajstić information content (AvgIpc) is 2.46. The molecule has 3 rings (SSSR count). The molecule has 0 amide bonds. The molecule has 3 nitrogen and oxygen atoms in total. The van der Waals surface area contributed by atoms with Crippen molar-refractivity contribution in [3.05, 3.63) is 59.4 Å². The molecule has 0 radical (unpaired) electrons. The summed E-state index contributed by atoms with van der Waals surface area (Å²) in [5, 5.41) is 3.17. The summed E-state index contributed by atoms with van der Waals surface area (Å²) in [7, 11) is 0. The number of carbonyl (C=O) groups is 1. The number of ketones is 1. The molecule has 0 aliphatic carbocycles. The molecular weight excluding hydrogens is 257 g/mol. The predicted molar refractivity (Wildman–Crippen MR) is 74.8 cm³/mol. The van der Waals surface area contributed by atoms with Crippen LogP contribution in [0.1, 0.15) is 15.9 Å². The van der Waals surface area contributed by atoms with Crippen molar-refractivity contribution >= 4 is 11.5 Å². The Morgan fingerprint density at radius 3 is 2.90 bits per heavy atom. The maximum atomic E-state index is 13.1. The van der Waals surface area contributed by atoms with E-state index in [2.05, 4.69) is 5.32 Å². The van der Waals surface area contributed by atoms with Gasteiger partial charge in [0, 0.05) is 5.56 Å². The van der Waals surface area contributed by atoms with Crippen molar-refractivity contribution in [1.82, 2.24) is 0 Å². The van der Waals surface area contributed by atoms with Gasteiger partial charge >= 0.3 is 0 Å². The molecule has 1 heterocycles. The summed E-state index contributed by atoms with van der Waals surface area (Å²) in [6.07, 6.45) is -0.589. The molecule has 0 saturated heterocycles. The number of aryl methyl sites for hydroxylation is 1. The monoisotopic (exact) mass is 271 g/mol. The van der Waals surface area contributed by atoms with Crippen molar-refractivity contribution in [2.24, 2.45) is 0 Å². The number of carbonyl (C=O) groups excluding carboxylic acids is 1. The number of halogens is 1. The van der Waals surface area contributed by atoms with Gasteiger partial charge in [-0.25, -0.2) is 4.39 Å². The number of hydrogen-bond acceptors (Lipinski definition) is 3. The van der Waals surface area contributed by atoms with Crippen molar-refractivity contribution in [1.29, 1.82) is 0 Å². The smallest absolute Gasteiger partial charge is 0.205 e. The third-order valence-electron chi connectivity index (χ3n) is 3.38. The highest BCUT2D eigenvalue weighted by atomic mass is 19.1. The minimum Gasteiger partial charge on any atom is -0.478 e. The zero-order valence-corrected chi connectivity index (χ0v) is 11.0. The summed E-state index contributed by atoms with van der Waals surface area (Å²) in [4.78, 5) is 12.5. The van der Waals surface area contributed by atoms with Gasteiger partial charge in [-0.1, -0.05) is 12.1 Å². The lowest BCUT2D eigenvalue weighted by Gasteiger charge is -2.26. The van der Waals surface area contributed by atoms with Gasteiger partial charge in [-0.2, -0.15) is 0 Å². The molecule has 2 aromatic rings. The Bertz CT molecular complexity index is 669. The minimum atomic E-state index is -0.589. The van der Waals surface area contributed by atoms with Crippen LogP contribution in [0.25, 0.3) is 0 Å². The maximum absolute atomic E-state index is 13.1. The summed E-state index contributed by atoms with van der Waals surface area (Å²) >= 11 is 0. The van der Waals surface area contributed by atoms with E-state index >= 15 is 0 Å². The van der Waals surface area contributed by atoms with Crippen LogP contribution in [0, 0.1) is 12.7 Å². The molecule has 102 valence electrons. The van der Waals surface area contributed by atoms with Crippen molar-refractivity contribution in [3.63, 3.8) is 0 Å². The molecule has 20 heavy (non-hydrogen) atoms. The fourth-order valence-corrected chi connectivity index (χ4v) is 2.34. The highest BCUT2D eigenvalue weighted by Gasteiger charge is 2.27. The Morgan fingerprint density at radius 1 is 1.30 bits per heavy atom. The van der Waals surface area contributed by atoms with Crippen LogP contribution in [-0.2, 0) is 0 Å². The Balaban J connectivity index is 1.86. The largest absolute Gasteiger partial charge is 0.478 e. The van der Waals surface area contributed by atoms with Crippen molar-refractivity contribution in [2.75, 3.05) is 11.9 Å². The topological polar surface area (TPSA) is 38.3 Å². The first kappa shape index (κ1) is 12.7. The fraction of sp³-hybridized carbons (Fsp3) is 0.188. The first-order valence-corrected chi connectivity index (χ1v) is 6.45. The molecule has 0 aromatic heterocycles. The summed E-state index contributed by atoms with van der Waals surface area (Å²) in [5.41, 5.74) is 2.00. The van der Waals surface area contributed by atoms with Gasteiger partial charge in [-0.05, 0) is 42.8 Å². The molecule has 1 N–H and O–H groups in total. The van der Waals surface area contributed by atoms with E-state index in [0.717, 1.165) is 5.69 Å². The lowest BCUT2D eigenvalue weighted by atomic mass is 10.00. The van der Waals surface area contributed by atoms with Crippen LogP contribution in [0.3, 0.4) is 0 Å². The molecule has 1 aliphatic rings. The van der Waals surface area contributed by atoms with Gasteiger partial charge in [-0.3, -0.25) is 4.79 Å². The number of ether oxygens (including phenoxy) is 1. The summed E-state index contributed by atoms with van der Waals surface area (Å²) in [6.45, 7) is 2.13. The third kappa shape index (κ3) is 2.25. The average molecular weight is 271 g/mol. The summed E-state index contributed by atoms with van der Waals surface area (Å²) in [6, 6.07) is 11.6. The number of fused-ring (bicyclic) bond motifs is 1. The number of anilines is 1. The number of Topliss-reactive ketones (excluding diaryl/α,β-unsaturated/α-hetero) is 1. The molecule has 0 saturated carbocycles. The maximum Gasteiger partial charge on any atom is 0.205 e. The Kier molecular flexibility index (Phi) is 3.14. The van der Waals surface area contributed by atoms with E-state index in [-0.39, 0.29) is 11.6 Å². The summed E-state index contributed by atoms with van der Waals surface area (Å²) in [5.74, 6) is 0.188. The van der Waals surface area contributed by atoms with Gasteiger partial charge in [0.2, 0.25) is 5.78 Å². The van der Waals surface area contributed by atoms with E-state index in [1.165, 1.54) is 18.2 Å². The predicted octanol–water partition coefficient (Wildman–Crippen LogP) is 3.19. The molecule has 0 fully saturated rings. The molecule has 2 aromatic carbocycles. The number of nitrogens with one attached hydrogen (secondary N) is 1. The number of hydrogen-bond donors (Lipinski definition) is 1. The molecule has 4 heteroatoms. The number of para-hydroxylation sites is 2. The van der Waals surface area contributed by atoms with Crippen LogP contribution < -0.4 is 10.1 Å². The van der Waals surface area contributed by atoms with Gasteiger partial charge in [0.05, 0.1) is 12.2 Å². The second-order valence-corrected chi connectivity index (χ2v) is 4.81. The van der Waals surface area contributed by atoms with Crippen molar-refractivity contribution in [2.45, 2.75) is 13.0 Å². The lowest BCUT2D eigenvalue weighted by Crippen LogP contribution is -2.38. The van der Waals surface area contributed by atoms with Gasteiger partial charge in [-0.15, -0.1) is 0 Å². The highest BCUT2D eigenvalue weighted by molar-refractivity contribution is 6.01. The van der Waals surface area contributed by atoms with Crippen LogP contribution in [0.4, 0.5) is 10.1 Å². The SMILES string of the molecule is Cc1cc(F)ccc1C(=O)C1CNc2ccccc2O1. The normalized spacial score (nSPS) is 16.8. The minimum absolute atomic E-state index is 0.135. The zero-order chi connectivity index (χ0) is 14.1. The van der Waals surface area contributed by atoms with E-state index in [9.17, 15) is 9.18 Å². The van der Waals surface area contributed by atoms with Crippen LogP contribution in [0.5, 0.6) is 5.75 Å². The van der Waals surface area contributed by atoms with Crippen molar-refractivity contribution < 1.29 is 13.9 Å². The molecule has 1 unspecified atom stereocenters. The van der Waals surface area contributed by atoms with Gasteiger partial charge in [0.1, 0.15) is 11.6 Å². The molecule has 0 bridgehead atoms. The third-order valence-corrected chi connectivity index (χ3v) is 3.38. The Labute approximate surface area is 116 Å². The van der Waals surface area contributed by atoms with Crippen LogP contribution >= 0.6 is 0 Å². The van der Waals surface area contributed by atoms with Crippen LogP contribution in [-0.4, -0.2) is 18.4 Å². The Hall–Kier alpha value is -2.36. The second kappa shape index (κ2) is 4.96. The quantitative estimate of drug-likeness (QED) is 0.852. The molecule has 1 atom stereocenters. The van der Waals surface area contributed by atoms with Gasteiger partial charge < -0.3 is 10.1 Å². The number of rotatable bonds is 2. The lowest BCUT2D eigenvalue weighted by molar-refractivity contribution is 0.0801. The van der Waals surface area contributed by atoms with Crippen molar-refractivity contribution in [3.8, 4) is 5.75 Å². The van der Waals surface area contributed by atoms with Crippen LogP contribution in [0.15, 0.2) is 42.5 Å². The number of benzene rings is 2. The van der Waals surface area contributed by atoms with E-state index in [0.29, 0.717) is 23.4 Å². The van der Waals surface area contributed by atoms with E-state index in [1.54, 1.807) is 6.92 Å². The van der Waals surface area contributed by atoms with E-state index < -0.39 is 6.10 Å². The molecule has 1 aliphatic heterocycles. The summed E-state index contributed by atoms with van der Waals surface area (Å²) < 4.78 is 18.8. The van der Waals surface area contributed by atoms with Gasteiger partial charge in [0.15, 0.2) is 6.10 Å². The Morgan fingerprint density at radius 2 is 2.10 bits per heavy atom. The van der Waals surface area contributed by atoms with E-state index in [1.807, 2.05) is 24.3 Å². The first-order chi connectivity index (χ1) is 9.65. The van der Waals surface area contributed by atoms with E-state index in [4.69, 9.17) is 4.74 Å². The molecule has 0 spiro atoms. The van der Waals surface area contributed by atoms with Crippen LogP contribution in [0.2, 0.25) is 0 Å². The molecular formula is C16H14FNO2. The van der Waals surface area contributed by atoms with Gasteiger partial charge in [0.25, 0.3) is 0 Å². The fourth-order valence-electron chi connectivity index (χ4n) is 2.34. The standard InChI is InChI=1S/C16H14FNO2/c1-10-8-11(17)6-7-12(10)16(19)15-9-18-13-4-2-3-5-14(13)20-15/h2-8,15,18H,9H2,1H3.